The summed E-state index contributed by atoms with van der Waals surface area (Å²) >= 11 is 0. The van der Waals surface area contributed by atoms with Crippen LogP contribution < -0.4 is 10.6 Å². The zero-order valence-electron chi connectivity index (χ0n) is 11.1. The highest BCUT2D eigenvalue weighted by Gasteiger charge is 2.21. The van der Waals surface area contributed by atoms with Crippen LogP contribution in [0.1, 0.15) is 18.7 Å². The Labute approximate surface area is 112 Å². The van der Waals surface area contributed by atoms with Crippen molar-refractivity contribution in [1.29, 1.82) is 0 Å². The van der Waals surface area contributed by atoms with Crippen LogP contribution in [0.5, 0.6) is 0 Å². The van der Waals surface area contributed by atoms with Gasteiger partial charge < -0.3 is 15.1 Å². The summed E-state index contributed by atoms with van der Waals surface area (Å²) in [6.45, 7) is 0.785. The Kier molecular flexibility index (Phi) is 4.38. The van der Waals surface area contributed by atoms with Gasteiger partial charge in [0.2, 0.25) is 15.9 Å². The molecule has 19 heavy (non-hydrogen) atoms. The summed E-state index contributed by atoms with van der Waals surface area (Å²) in [6.07, 6.45) is 2.39. The molecule has 2 rings (SSSR count). The monoisotopic (exact) mass is 289 g/mol. The van der Waals surface area contributed by atoms with E-state index in [1.165, 1.54) is 31.2 Å². The molecule has 0 radical (unpaired) electrons. The molecule has 1 aliphatic rings. The maximum atomic E-state index is 11.5. The molecule has 0 aliphatic heterocycles. The molecule has 0 aromatic carbocycles. The van der Waals surface area contributed by atoms with E-state index < -0.39 is 10.0 Å². The Morgan fingerprint density at radius 3 is 2.74 bits per heavy atom. The van der Waals surface area contributed by atoms with Gasteiger partial charge >= 0.3 is 6.01 Å². The molecule has 0 bridgehead atoms. The van der Waals surface area contributed by atoms with Crippen molar-refractivity contribution >= 4 is 16.0 Å². The molecule has 0 unspecified atom stereocenters. The van der Waals surface area contributed by atoms with Crippen molar-refractivity contribution in [2.75, 3.05) is 31.7 Å². The average molecular weight is 289 g/mol. The second-order valence-corrected chi connectivity index (χ2v) is 6.98. The Morgan fingerprint density at radius 2 is 2.11 bits per heavy atom. The molecule has 1 saturated carbocycles. The minimum Gasteiger partial charge on any atom is -0.407 e. The number of anilines is 1. The predicted octanol–water partition coefficient (Wildman–Crippen LogP) is -0.375. The van der Waals surface area contributed by atoms with Crippen LogP contribution in [0, 0.1) is 0 Å². The molecule has 0 spiro atoms. The zero-order chi connectivity index (χ0) is 13.9. The lowest BCUT2D eigenvalue weighted by Crippen LogP contribution is -2.28. The summed E-state index contributed by atoms with van der Waals surface area (Å²) < 4.78 is 29.6. The largest absolute Gasteiger partial charge is 0.407 e. The van der Waals surface area contributed by atoms with Gasteiger partial charge in [-0.1, -0.05) is 5.10 Å². The molecule has 9 heteroatoms. The van der Waals surface area contributed by atoms with E-state index in [0.29, 0.717) is 18.5 Å². The van der Waals surface area contributed by atoms with Gasteiger partial charge in [0.1, 0.15) is 0 Å². The van der Waals surface area contributed by atoms with Gasteiger partial charge in [-0.25, -0.2) is 12.7 Å². The summed E-state index contributed by atoms with van der Waals surface area (Å²) in [7, 11) is -0.199. The third kappa shape index (κ3) is 4.44. The number of rotatable bonds is 8. The molecule has 0 amide bonds. The van der Waals surface area contributed by atoms with Crippen molar-refractivity contribution in [3.8, 4) is 0 Å². The van der Waals surface area contributed by atoms with Crippen molar-refractivity contribution in [2.24, 2.45) is 0 Å². The van der Waals surface area contributed by atoms with Crippen molar-refractivity contribution in [3.63, 3.8) is 0 Å². The lowest BCUT2D eigenvalue weighted by Gasteiger charge is -2.10. The van der Waals surface area contributed by atoms with E-state index in [-0.39, 0.29) is 18.3 Å². The fourth-order valence-corrected chi connectivity index (χ4v) is 2.11. The standard InChI is InChI=1S/C10H19N5O3S/c1-15(2)19(16,17)6-5-11-10-14-13-9(18-10)7-12-8-3-4-8/h8,12H,3-7H2,1-2H3,(H,11,14). The first-order valence-electron chi connectivity index (χ1n) is 6.17. The molecule has 2 N–H and O–H groups in total. The van der Waals surface area contributed by atoms with Gasteiger partial charge in [0.15, 0.2) is 0 Å². The third-order valence-electron chi connectivity index (χ3n) is 2.78. The van der Waals surface area contributed by atoms with Crippen LogP contribution in [0.25, 0.3) is 0 Å². The van der Waals surface area contributed by atoms with E-state index in [1.54, 1.807) is 0 Å². The van der Waals surface area contributed by atoms with E-state index in [9.17, 15) is 8.42 Å². The van der Waals surface area contributed by atoms with Crippen LogP contribution in [0.3, 0.4) is 0 Å². The first-order chi connectivity index (χ1) is 8.97. The molecular weight excluding hydrogens is 270 g/mol. The van der Waals surface area contributed by atoms with E-state index in [0.717, 1.165) is 0 Å². The second-order valence-electron chi connectivity index (χ2n) is 4.68. The summed E-state index contributed by atoms with van der Waals surface area (Å²) in [5.74, 6) is 0.489. The second kappa shape index (κ2) is 5.85. The van der Waals surface area contributed by atoms with E-state index >= 15 is 0 Å². The molecule has 108 valence electrons. The lowest BCUT2D eigenvalue weighted by atomic mass is 10.6. The first kappa shape index (κ1) is 14.2. The van der Waals surface area contributed by atoms with E-state index in [1.807, 2.05) is 0 Å². The molecule has 1 aliphatic carbocycles. The Morgan fingerprint density at radius 1 is 1.37 bits per heavy atom. The van der Waals surface area contributed by atoms with Crippen LogP contribution in [-0.4, -0.2) is 55.4 Å². The smallest absolute Gasteiger partial charge is 0.315 e. The van der Waals surface area contributed by atoms with Gasteiger partial charge in [0.05, 0.1) is 12.3 Å². The maximum Gasteiger partial charge on any atom is 0.315 e. The summed E-state index contributed by atoms with van der Waals surface area (Å²) in [5, 5.41) is 13.7. The van der Waals surface area contributed by atoms with Gasteiger partial charge in [-0.3, -0.25) is 0 Å². The molecule has 1 fully saturated rings. The van der Waals surface area contributed by atoms with Gasteiger partial charge in [0, 0.05) is 26.7 Å². The summed E-state index contributed by atoms with van der Waals surface area (Å²) in [4.78, 5) is 0. The van der Waals surface area contributed by atoms with E-state index in [2.05, 4.69) is 20.8 Å². The molecule has 8 nitrogen and oxygen atoms in total. The highest BCUT2D eigenvalue weighted by atomic mass is 32.2. The van der Waals surface area contributed by atoms with Crippen molar-refractivity contribution < 1.29 is 12.8 Å². The van der Waals surface area contributed by atoms with Crippen LogP contribution >= 0.6 is 0 Å². The van der Waals surface area contributed by atoms with Crippen LogP contribution in [0.2, 0.25) is 0 Å². The molecule has 0 saturated heterocycles. The topological polar surface area (TPSA) is 100 Å². The minimum atomic E-state index is -3.21. The summed E-state index contributed by atoms with van der Waals surface area (Å²) in [6, 6.07) is 0.829. The van der Waals surface area contributed by atoms with Gasteiger partial charge in [0.25, 0.3) is 0 Å². The Hall–Kier alpha value is -1.19. The fourth-order valence-electron chi connectivity index (χ4n) is 1.39. The van der Waals surface area contributed by atoms with Crippen LogP contribution in [-0.2, 0) is 16.6 Å². The quantitative estimate of drug-likeness (QED) is 0.673. The van der Waals surface area contributed by atoms with Crippen LogP contribution in [0.15, 0.2) is 4.42 Å². The van der Waals surface area contributed by atoms with Crippen molar-refractivity contribution in [3.05, 3.63) is 5.89 Å². The average Bonchev–Trinajstić information content (AvgIpc) is 3.06. The normalized spacial score (nSPS) is 15.9. The van der Waals surface area contributed by atoms with Crippen molar-refractivity contribution in [1.82, 2.24) is 19.8 Å². The van der Waals surface area contributed by atoms with E-state index in [4.69, 9.17) is 4.42 Å². The number of sulfonamides is 1. The molecule has 1 aromatic rings. The predicted molar refractivity (Wildman–Crippen MR) is 70.1 cm³/mol. The number of nitrogens with zero attached hydrogens (tertiary/aromatic N) is 3. The zero-order valence-corrected chi connectivity index (χ0v) is 11.9. The highest BCUT2D eigenvalue weighted by Crippen LogP contribution is 2.19. The minimum absolute atomic E-state index is 0.0158. The molecule has 0 atom stereocenters. The molecule has 1 heterocycles. The fraction of sp³-hybridized carbons (Fsp3) is 0.800. The molecular formula is C10H19N5O3S. The highest BCUT2D eigenvalue weighted by molar-refractivity contribution is 7.89. The van der Waals surface area contributed by atoms with Crippen LogP contribution in [0.4, 0.5) is 6.01 Å². The Bertz CT molecular complexity index is 509. The number of nitrogens with one attached hydrogen (secondary N) is 2. The number of hydrogen-bond acceptors (Lipinski definition) is 7. The maximum absolute atomic E-state index is 11.5. The van der Waals surface area contributed by atoms with Crippen molar-refractivity contribution in [2.45, 2.75) is 25.4 Å². The third-order valence-corrected chi connectivity index (χ3v) is 4.61. The summed E-state index contributed by atoms with van der Waals surface area (Å²) in [5.41, 5.74) is 0. The lowest BCUT2D eigenvalue weighted by molar-refractivity contribution is 0.476. The Balaban J connectivity index is 1.73. The number of aromatic nitrogens is 2. The number of hydrogen-bond donors (Lipinski definition) is 2. The van der Waals surface area contributed by atoms with Gasteiger partial charge in [-0.15, -0.1) is 5.10 Å². The molecule has 1 aromatic heterocycles. The van der Waals surface area contributed by atoms with Gasteiger partial charge in [-0.05, 0) is 12.8 Å². The van der Waals surface area contributed by atoms with Gasteiger partial charge in [-0.2, -0.15) is 0 Å². The SMILES string of the molecule is CN(C)S(=O)(=O)CCNc1nnc(CNC2CC2)o1. The first-order valence-corrected chi connectivity index (χ1v) is 7.78.